The summed E-state index contributed by atoms with van der Waals surface area (Å²) in [5.74, 6) is 2.04. The zero-order valence-electron chi connectivity index (χ0n) is 10.2. The molecule has 2 rings (SSSR count). The van der Waals surface area contributed by atoms with E-state index in [4.69, 9.17) is 5.73 Å². The van der Waals surface area contributed by atoms with Crippen LogP contribution in [0.5, 0.6) is 0 Å². The Hall–Kier alpha value is -1.58. The van der Waals surface area contributed by atoms with Crippen molar-refractivity contribution in [2.75, 3.05) is 5.73 Å². The quantitative estimate of drug-likeness (QED) is 0.843. The third-order valence-corrected chi connectivity index (χ3v) is 2.66. The first-order valence-electron chi connectivity index (χ1n) is 5.64. The molecule has 0 aliphatic carbocycles. The topological polar surface area (TPSA) is 56.7 Å². The van der Waals surface area contributed by atoms with Gasteiger partial charge in [0.05, 0.1) is 11.7 Å². The van der Waals surface area contributed by atoms with E-state index in [2.05, 4.69) is 42.2 Å². The Morgan fingerprint density at radius 2 is 1.94 bits per heavy atom. The van der Waals surface area contributed by atoms with E-state index in [1.54, 1.807) is 6.20 Å². The molecule has 0 unspecified atom stereocenters. The van der Waals surface area contributed by atoms with E-state index < -0.39 is 0 Å². The van der Waals surface area contributed by atoms with Crippen molar-refractivity contribution in [1.29, 1.82) is 0 Å². The van der Waals surface area contributed by atoms with Gasteiger partial charge in [0.1, 0.15) is 17.2 Å². The molecule has 2 N–H and O–H groups in total. The van der Waals surface area contributed by atoms with Crippen molar-refractivity contribution in [2.24, 2.45) is 0 Å². The lowest BCUT2D eigenvalue weighted by Gasteiger charge is -2.14. The van der Waals surface area contributed by atoms with Gasteiger partial charge in [0.25, 0.3) is 0 Å². The standard InChI is InChI=1S/C12H18N4/c1-7(2)12-15-9-6-14-11(13)5-10(9)16(12)8(3)4/h5-8H,1-4H3,(H2,13,14). The molecule has 4 heteroatoms. The molecule has 4 nitrogen and oxygen atoms in total. The summed E-state index contributed by atoms with van der Waals surface area (Å²) in [6.45, 7) is 8.61. The fourth-order valence-electron chi connectivity index (χ4n) is 1.98. The summed E-state index contributed by atoms with van der Waals surface area (Å²) >= 11 is 0. The summed E-state index contributed by atoms with van der Waals surface area (Å²) in [7, 11) is 0. The Bertz CT molecular complexity index is 511. The highest BCUT2D eigenvalue weighted by atomic mass is 15.1. The molecule has 2 heterocycles. The number of imidazole rings is 1. The Morgan fingerprint density at radius 3 is 2.50 bits per heavy atom. The smallest absolute Gasteiger partial charge is 0.125 e. The van der Waals surface area contributed by atoms with Crippen LogP contribution in [0.25, 0.3) is 11.0 Å². The second-order valence-corrected chi connectivity index (χ2v) is 4.69. The summed E-state index contributed by atoms with van der Waals surface area (Å²) in [5.41, 5.74) is 7.72. The number of hydrogen-bond donors (Lipinski definition) is 1. The third-order valence-electron chi connectivity index (χ3n) is 2.66. The van der Waals surface area contributed by atoms with Gasteiger partial charge in [-0.15, -0.1) is 0 Å². The van der Waals surface area contributed by atoms with E-state index in [9.17, 15) is 0 Å². The molecule has 0 atom stereocenters. The van der Waals surface area contributed by atoms with Crippen LogP contribution < -0.4 is 5.73 Å². The van der Waals surface area contributed by atoms with Gasteiger partial charge in [-0.2, -0.15) is 0 Å². The molecule has 16 heavy (non-hydrogen) atoms. The molecule has 0 saturated heterocycles. The van der Waals surface area contributed by atoms with E-state index in [1.165, 1.54) is 0 Å². The number of rotatable bonds is 2. The molecule has 0 fully saturated rings. The number of nitrogens with two attached hydrogens (primary N) is 1. The van der Waals surface area contributed by atoms with Gasteiger partial charge < -0.3 is 10.3 Å². The van der Waals surface area contributed by atoms with Crippen LogP contribution in [-0.2, 0) is 0 Å². The maximum absolute atomic E-state index is 5.73. The summed E-state index contributed by atoms with van der Waals surface area (Å²) in [4.78, 5) is 8.70. The van der Waals surface area contributed by atoms with E-state index in [0.717, 1.165) is 16.9 Å². The van der Waals surface area contributed by atoms with Crippen molar-refractivity contribution in [2.45, 2.75) is 39.7 Å². The highest BCUT2D eigenvalue weighted by molar-refractivity contribution is 5.77. The number of hydrogen-bond acceptors (Lipinski definition) is 3. The van der Waals surface area contributed by atoms with Gasteiger partial charge in [-0.1, -0.05) is 13.8 Å². The van der Waals surface area contributed by atoms with Crippen LogP contribution in [0, 0.1) is 0 Å². The summed E-state index contributed by atoms with van der Waals surface area (Å²) in [6, 6.07) is 2.28. The van der Waals surface area contributed by atoms with Gasteiger partial charge >= 0.3 is 0 Å². The second-order valence-electron chi connectivity index (χ2n) is 4.69. The number of aromatic nitrogens is 3. The molecule has 0 amide bonds. The van der Waals surface area contributed by atoms with Gasteiger partial charge in [-0.05, 0) is 13.8 Å². The summed E-state index contributed by atoms with van der Waals surface area (Å²) in [6.07, 6.45) is 1.75. The Morgan fingerprint density at radius 1 is 1.25 bits per heavy atom. The second kappa shape index (κ2) is 3.77. The lowest BCUT2D eigenvalue weighted by molar-refractivity contribution is 0.564. The molecule has 2 aromatic heterocycles. The SMILES string of the molecule is CC(C)c1nc2cnc(N)cc2n1C(C)C. The zero-order valence-corrected chi connectivity index (χ0v) is 10.2. The molecule has 0 aromatic carbocycles. The number of anilines is 1. The van der Waals surface area contributed by atoms with Gasteiger partial charge in [-0.3, -0.25) is 0 Å². The van der Waals surface area contributed by atoms with Crippen LogP contribution >= 0.6 is 0 Å². The molecule has 0 bridgehead atoms. The number of pyridine rings is 1. The summed E-state index contributed by atoms with van der Waals surface area (Å²) < 4.78 is 2.23. The van der Waals surface area contributed by atoms with Gasteiger partial charge in [-0.25, -0.2) is 9.97 Å². The van der Waals surface area contributed by atoms with E-state index >= 15 is 0 Å². The molecule has 0 saturated carbocycles. The minimum absolute atomic E-state index is 0.379. The lowest BCUT2D eigenvalue weighted by Crippen LogP contribution is -2.07. The first-order chi connectivity index (χ1) is 7.50. The van der Waals surface area contributed by atoms with Crippen molar-refractivity contribution < 1.29 is 0 Å². The number of nitrogens with zero attached hydrogens (tertiary/aromatic N) is 3. The first kappa shape index (κ1) is 10.9. The first-order valence-corrected chi connectivity index (χ1v) is 5.64. The van der Waals surface area contributed by atoms with Crippen LogP contribution in [-0.4, -0.2) is 14.5 Å². The Kier molecular flexibility index (Phi) is 2.58. The van der Waals surface area contributed by atoms with Crippen molar-refractivity contribution in [3.63, 3.8) is 0 Å². The molecule has 86 valence electrons. The predicted molar refractivity (Wildman–Crippen MR) is 66.4 cm³/mol. The normalized spacial score (nSPS) is 11.9. The fourth-order valence-corrected chi connectivity index (χ4v) is 1.98. The maximum Gasteiger partial charge on any atom is 0.125 e. The van der Waals surface area contributed by atoms with Crippen LogP contribution in [0.15, 0.2) is 12.3 Å². The molecule has 0 aliphatic rings. The average Bonchev–Trinajstić information content (AvgIpc) is 2.55. The van der Waals surface area contributed by atoms with E-state index in [1.807, 2.05) is 6.07 Å². The zero-order chi connectivity index (χ0) is 11.9. The molecular weight excluding hydrogens is 200 g/mol. The van der Waals surface area contributed by atoms with Crippen molar-refractivity contribution in [1.82, 2.24) is 14.5 Å². The van der Waals surface area contributed by atoms with Gasteiger partial charge in [0, 0.05) is 18.0 Å². The van der Waals surface area contributed by atoms with Gasteiger partial charge in [0.2, 0.25) is 0 Å². The molecule has 2 aromatic rings. The van der Waals surface area contributed by atoms with Crippen molar-refractivity contribution in [3.05, 3.63) is 18.1 Å². The van der Waals surface area contributed by atoms with E-state index in [-0.39, 0.29) is 0 Å². The highest BCUT2D eigenvalue weighted by Crippen LogP contribution is 2.26. The van der Waals surface area contributed by atoms with Crippen LogP contribution in [0.4, 0.5) is 5.82 Å². The van der Waals surface area contributed by atoms with E-state index in [0.29, 0.717) is 17.8 Å². The van der Waals surface area contributed by atoms with Gasteiger partial charge in [0.15, 0.2) is 0 Å². The number of fused-ring (bicyclic) bond motifs is 1. The minimum atomic E-state index is 0.379. The molecule has 0 spiro atoms. The monoisotopic (exact) mass is 218 g/mol. The minimum Gasteiger partial charge on any atom is -0.384 e. The predicted octanol–water partition coefficient (Wildman–Crippen LogP) is 2.72. The average molecular weight is 218 g/mol. The molecule has 0 aliphatic heterocycles. The Labute approximate surface area is 95.5 Å². The molecular formula is C12H18N4. The summed E-state index contributed by atoms with van der Waals surface area (Å²) in [5, 5.41) is 0. The Balaban J connectivity index is 2.77. The largest absolute Gasteiger partial charge is 0.384 e. The van der Waals surface area contributed by atoms with Crippen molar-refractivity contribution >= 4 is 16.9 Å². The fraction of sp³-hybridized carbons (Fsp3) is 0.500. The molecule has 0 radical (unpaired) electrons. The van der Waals surface area contributed by atoms with Crippen molar-refractivity contribution in [3.8, 4) is 0 Å². The van der Waals surface area contributed by atoms with Crippen LogP contribution in [0.2, 0.25) is 0 Å². The lowest BCUT2D eigenvalue weighted by atomic mass is 10.2. The van der Waals surface area contributed by atoms with Crippen LogP contribution in [0.3, 0.4) is 0 Å². The number of nitrogen functional groups attached to an aromatic ring is 1. The maximum atomic E-state index is 5.73. The van der Waals surface area contributed by atoms with Crippen LogP contribution in [0.1, 0.15) is 45.5 Å². The third kappa shape index (κ3) is 1.64. The highest BCUT2D eigenvalue weighted by Gasteiger charge is 2.15.